The van der Waals surface area contributed by atoms with Crippen LogP contribution in [0.4, 0.5) is 9.18 Å². The first kappa shape index (κ1) is 17.7. The minimum atomic E-state index is -0.771. The molecule has 0 atom stereocenters. The summed E-state index contributed by atoms with van der Waals surface area (Å²) in [6.07, 6.45) is 8.01. The Kier molecular flexibility index (Phi) is 4.68. The van der Waals surface area contributed by atoms with E-state index in [0.29, 0.717) is 24.1 Å². The Labute approximate surface area is 156 Å². The molecule has 1 N–H and O–H groups in total. The van der Waals surface area contributed by atoms with Crippen molar-refractivity contribution in [3.05, 3.63) is 42.0 Å². The zero-order valence-corrected chi connectivity index (χ0v) is 15.0. The summed E-state index contributed by atoms with van der Waals surface area (Å²) in [7, 11) is 0. The third-order valence-corrected chi connectivity index (χ3v) is 5.40. The molecule has 1 spiro atoms. The van der Waals surface area contributed by atoms with Crippen molar-refractivity contribution >= 4 is 11.9 Å². The lowest BCUT2D eigenvalue weighted by Gasteiger charge is -2.28. The Morgan fingerprint density at radius 2 is 1.89 bits per heavy atom. The Morgan fingerprint density at radius 1 is 1.15 bits per heavy atom. The number of nitrogens with one attached hydrogen (secondary N) is 1. The maximum absolute atomic E-state index is 13.4. The van der Waals surface area contributed by atoms with Gasteiger partial charge in [-0.3, -0.25) is 9.69 Å². The second kappa shape index (κ2) is 7.13. The highest BCUT2D eigenvalue weighted by atomic mass is 19.1. The molecule has 0 bridgehead atoms. The number of rotatable bonds is 3. The Bertz CT molecular complexity index is 856. The van der Waals surface area contributed by atoms with Crippen LogP contribution in [0.2, 0.25) is 0 Å². The fourth-order valence-corrected chi connectivity index (χ4v) is 3.96. The topological polar surface area (TPSA) is 75.4 Å². The molecule has 2 aromatic rings. The molecule has 2 heterocycles. The van der Waals surface area contributed by atoms with Gasteiger partial charge in [0.1, 0.15) is 17.6 Å². The van der Waals surface area contributed by atoms with Crippen molar-refractivity contribution in [3.63, 3.8) is 0 Å². The summed E-state index contributed by atoms with van der Waals surface area (Å²) in [5.41, 5.74) is 0.197. The minimum Gasteiger partial charge on any atom is -0.444 e. The van der Waals surface area contributed by atoms with E-state index in [1.165, 1.54) is 29.7 Å². The third-order valence-electron chi connectivity index (χ3n) is 5.40. The van der Waals surface area contributed by atoms with E-state index in [9.17, 15) is 14.0 Å². The van der Waals surface area contributed by atoms with Gasteiger partial charge in [0.15, 0.2) is 0 Å². The largest absolute Gasteiger partial charge is 0.444 e. The minimum absolute atomic E-state index is 0.0469. The molecule has 1 aromatic heterocycles. The Balaban J connectivity index is 1.51. The van der Waals surface area contributed by atoms with Gasteiger partial charge in [-0.05, 0) is 31.0 Å². The third kappa shape index (κ3) is 3.46. The van der Waals surface area contributed by atoms with Gasteiger partial charge in [-0.25, -0.2) is 14.2 Å². The maximum Gasteiger partial charge on any atom is 0.325 e. The van der Waals surface area contributed by atoms with Gasteiger partial charge in [0.25, 0.3) is 5.91 Å². The van der Waals surface area contributed by atoms with Gasteiger partial charge < -0.3 is 9.73 Å². The van der Waals surface area contributed by atoms with Crippen LogP contribution in [-0.4, -0.2) is 27.4 Å². The summed E-state index contributed by atoms with van der Waals surface area (Å²) < 4.78 is 18.8. The molecule has 1 saturated carbocycles. The number of carbonyl (C=O) groups is 2. The van der Waals surface area contributed by atoms with Gasteiger partial charge in [-0.2, -0.15) is 0 Å². The van der Waals surface area contributed by atoms with E-state index < -0.39 is 5.54 Å². The van der Waals surface area contributed by atoms with Crippen molar-refractivity contribution in [3.8, 4) is 11.5 Å². The van der Waals surface area contributed by atoms with Crippen LogP contribution in [0.15, 0.2) is 34.9 Å². The van der Waals surface area contributed by atoms with E-state index in [1.54, 1.807) is 12.1 Å². The predicted molar refractivity (Wildman–Crippen MR) is 96.0 cm³/mol. The first-order chi connectivity index (χ1) is 13.1. The van der Waals surface area contributed by atoms with E-state index in [2.05, 4.69) is 10.3 Å². The van der Waals surface area contributed by atoms with Crippen LogP contribution in [0.25, 0.3) is 11.5 Å². The average Bonchev–Trinajstić information content (AvgIpc) is 3.18. The molecule has 142 valence electrons. The van der Waals surface area contributed by atoms with Crippen molar-refractivity contribution in [2.75, 3.05) is 0 Å². The second-order valence-corrected chi connectivity index (χ2v) is 7.33. The standard InChI is InChI=1S/C20H22FN3O3/c21-15-8-6-7-14(11-15)17-22-16(13-27-17)12-24-18(25)20(23-19(24)26)9-4-2-1-3-5-10-20/h6-8,11,13H,1-5,9-10,12H2,(H,23,26). The van der Waals surface area contributed by atoms with Gasteiger partial charge in [0, 0.05) is 5.56 Å². The van der Waals surface area contributed by atoms with Crippen molar-refractivity contribution < 1.29 is 18.4 Å². The molecule has 1 aromatic carbocycles. The number of halogens is 1. The molecule has 1 saturated heterocycles. The number of carbonyl (C=O) groups excluding carboxylic acids is 2. The quantitative estimate of drug-likeness (QED) is 0.827. The van der Waals surface area contributed by atoms with Gasteiger partial charge in [0.2, 0.25) is 5.89 Å². The van der Waals surface area contributed by atoms with Gasteiger partial charge in [-0.15, -0.1) is 0 Å². The molecule has 3 amide bonds. The smallest absolute Gasteiger partial charge is 0.325 e. The molecule has 1 aliphatic heterocycles. The molecule has 27 heavy (non-hydrogen) atoms. The normalized spacial score (nSPS) is 19.8. The average molecular weight is 371 g/mol. The summed E-state index contributed by atoms with van der Waals surface area (Å²) in [4.78, 5) is 31.0. The van der Waals surface area contributed by atoms with Crippen molar-refractivity contribution in [1.29, 1.82) is 0 Å². The van der Waals surface area contributed by atoms with Crippen LogP contribution >= 0.6 is 0 Å². The monoisotopic (exact) mass is 371 g/mol. The lowest BCUT2D eigenvalue weighted by Crippen LogP contribution is -2.47. The van der Waals surface area contributed by atoms with Crippen molar-refractivity contribution in [2.45, 2.75) is 57.0 Å². The van der Waals surface area contributed by atoms with E-state index in [4.69, 9.17) is 4.42 Å². The molecule has 2 fully saturated rings. The summed E-state index contributed by atoms with van der Waals surface area (Å²) in [6, 6.07) is 5.55. The molecule has 2 aliphatic rings. The van der Waals surface area contributed by atoms with Gasteiger partial charge in [-0.1, -0.05) is 38.2 Å². The number of benzene rings is 1. The first-order valence-electron chi connectivity index (χ1n) is 9.42. The fraction of sp³-hybridized carbons (Fsp3) is 0.450. The number of hydrogen-bond donors (Lipinski definition) is 1. The second-order valence-electron chi connectivity index (χ2n) is 7.33. The highest BCUT2D eigenvalue weighted by Gasteiger charge is 2.50. The molecule has 0 radical (unpaired) electrons. The van der Waals surface area contributed by atoms with Crippen molar-refractivity contribution in [1.82, 2.24) is 15.2 Å². The van der Waals surface area contributed by atoms with Crippen LogP contribution in [0.1, 0.15) is 50.6 Å². The Morgan fingerprint density at radius 3 is 2.63 bits per heavy atom. The molecule has 4 rings (SSSR count). The molecule has 6 nitrogen and oxygen atoms in total. The van der Waals surface area contributed by atoms with E-state index in [0.717, 1.165) is 25.7 Å². The number of urea groups is 1. The summed E-state index contributed by atoms with van der Waals surface area (Å²) in [6.45, 7) is 0.0469. The fourth-order valence-electron chi connectivity index (χ4n) is 3.96. The maximum atomic E-state index is 13.4. The number of aromatic nitrogens is 1. The summed E-state index contributed by atoms with van der Waals surface area (Å²) >= 11 is 0. The molecular weight excluding hydrogens is 349 g/mol. The highest BCUT2D eigenvalue weighted by Crippen LogP contribution is 2.33. The van der Waals surface area contributed by atoms with Crippen LogP contribution in [0.3, 0.4) is 0 Å². The zero-order chi connectivity index (χ0) is 18.9. The number of hydrogen-bond acceptors (Lipinski definition) is 4. The number of imide groups is 1. The highest BCUT2D eigenvalue weighted by molar-refractivity contribution is 6.06. The van der Waals surface area contributed by atoms with Gasteiger partial charge in [0.05, 0.1) is 12.2 Å². The zero-order valence-electron chi connectivity index (χ0n) is 15.0. The lowest BCUT2D eigenvalue weighted by molar-refractivity contribution is -0.132. The summed E-state index contributed by atoms with van der Waals surface area (Å²) in [5.74, 6) is -0.297. The van der Waals surface area contributed by atoms with E-state index in [1.807, 2.05) is 0 Å². The number of nitrogens with zero attached hydrogens (tertiary/aromatic N) is 2. The summed E-state index contributed by atoms with van der Waals surface area (Å²) in [5, 5.41) is 2.93. The number of oxazole rings is 1. The van der Waals surface area contributed by atoms with Crippen LogP contribution in [0, 0.1) is 5.82 Å². The number of amides is 3. The molecule has 1 aliphatic carbocycles. The molecular formula is C20H22FN3O3. The predicted octanol–water partition coefficient (Wildman–Crippen LogP) is 4.02. The van der Waals surface area contributed by atoms with Crippen LogP contribution in [0.5, 0.6) is 0 Å². The van der Waals surface area contributed by atoms with Crippen LogP contribution < -0.4 is 5.32 Å². The molecule has 7 heteroatoms. The van der Waals surface area contributed by atoms with E-state index >= 15 is 0 Å². The SMILES string of the molecule is O=C1NC2(CCCCCCC2)C(=O)N1Cc1coc(-c2cccc(F)c2)n1. The van der Waals surface area contributed by atoms with Gasteiger partial charge >= 0.3 is 6.03 Å². The Hall–Kier alpha value is -2.70. The van der Waals surface area contributed by atoms with Crippen molar-refractivity contribution in [2.24, 2.45) is 0 Å². The van der Waals surface area contributed by atoms with Crippen LogP contribution in [-0.2, 0) is 11.3 Å². The first-order valence-corrected chi connectivity index (χ1v) is 9.42. The molecule has 0 unspecified atom stereocenters. The lowest BCUT2D eigenvalue weighted by atomic mass is 9.84. The van der Waals surface area contributed by atoms with E-state index in [-0.39, 0.29) is 30.2 Å².